The molecule has 0 amide bonds. The SMILES string of the molecule is Cc1nc(Cc2noc(C3CSCC3N)n2)cs1. The van der Waals surface area contributed by atoms with Crippen LogP contribution in [0.25, 0.3) is 0 Å². The van der Waals surface area contributed by atoms with Crippen molar-refractivity contribution < 1.29 is 4.52 Å². The van der Waals surface area contributed by atoms with Gasteiger partial charge in [-0.2, -0.15) is 16.7 Å². The van der Waals surface area contributed by atoms with Gasteiger partial charge in [0.15, 0.2) is 5.82 Å². The van der Waals surface area contributed by atoms with Crippen LogP contribution in [0.2, 0.25) is 0 Å². The fourth-order valence-electron chi connectivity index (χ4n) is 1.97. The molecule has 1 aliphatic rings. The van der Waals surface area contributed by atoms with E-state index in [1.54, 1.807) is 11.3 Å². The second-order valence-corrected chi connectivity index (χ2v) is 6.53. The van der Waals surface area contributed by atoms with Crippen LogP contribution >= 0.6 is 23.1 Å². The first kappa shape index (κ1) is 12.1. The van der Waals surface area contributed by atoms with Gasteiger partial charge >= 0.3 is 0 Å². The Morgan fingerprint density at radius 3 is 3.00 bits per heavy atom. The largest absolute Gasteiger partial charge is 0.339 e. The third kappa shape index (κ3) is 2.43. The summed E-state index contributed by atoms with van der Waals surface area (Å²) in [7, 11) is 0. The van der Waals surface area contributed by atoms with Crippen molar-refractivity contribution in [3.63, 3.8) is 0 Å². The van der Waals surface area contributed by atoms with Crippen LogP contribution < -0.4 is 5.73 Å². The number of rotatable bonds is 3. The Hall–Kier alpha value is -0.920. The van der Waals surface area contributed by atoms with Crippen LogP contribution in [0.1, 0.15) is 28.3 Å². The number of thiazole rings is 1. The van der Waals surface area contributed by atoms with Crippen LogP contribution in [0.15, 0.2) is 9.90 Å². The summed E-state index contributed by atoms with van der Waals surface area (Å²) in [6, 6.07) is 0.129. The van der Waals surface area contributed by atoms with E-state index in [0.717, 1.165) is 22.2 Å². The maximum atomic E-state index is 6.02. The average Bonchev–Trinajstić information content (AvgIpc) is 3.02. The van der Waals surface area contributed by atoms with Crippen molar-refractivity contribution in [2.75, 3.05) is 11.5 Å². The van der Waals surface area contributed by atoms with Gasteiger partial charge in [-0.05, 0) is 6.92 Å². The lowest BCUT2D eigenvalue weighted by Gasteiger charge is -2.07. The number of hydrogen-bond donors (Lipinski definition) is 1. The molecule has 0 saturated carbocycles. The lowest BCUT2D eigenvalue weighted by molar-refractivity contribution is 0.349. The molecule has 3 rings (SSSR count). The number of hydrogen-bond acceptors (Lipinski definition) is 7. The topological polar surface area (TPSA) is 77.8 Å². The Kier molecular flexibility index (Phi) is 3.36. The summed E-state index contributed by atoms with van der Waals surface area (Å²) in [5.41, 5.74) is 7.01. The van der Waals surface area contributed by atoms with Gasteiger partial charge in [-0.3, -0.25) is 0 Å². The van der Waals surface area contributed by atoms with Crippen molar-refractivity contribution in [1.29, 1.82) is 0 Å². The predicted octanol–water partition coefficient (Wildman–Crippen LogP) is 1.58. The van der Waals surface area contributed by atoms with Gasteiger partial charge in [0.2, 0.25) is 5.89 Å². The van der Waals surface area contributed by atoms with E-state index in [1.165, 1.54) is 0 Å². The van der Waals surface area contributed by atoms with Gasteiger partial charge in [0, 0.05) is 22.9 Å². The van der Waals surface area contributed by atoms with E-state index in [2.05, 4.69) is 15.1 Å². The third-order valence-electron chi connectivity index (χ3n) is 2.93. The molecular formula is C11H14N4OS2. The van der Waals surface area contributed by atoms with Gasteiger partial charge in [0.25, 0.3) is 0 Å². The normalized spacial score (nSPS) is 23.7. The van der Waals surface area contributed by atoms with Crippen molar-refractivity contribution in [1.82, 2.24) is 15.1 Å². The molecule has 2 N–H and O–H groups in total. The van der Waals surface area contributed by atoms with E-state index in [4.69, 9.17) is 10.3 Å². The molecule has 2 atom stereocenters. The van der Waals surface area contributed by atoms with Gasteiger partial charge in [0.1, 0.15) is 0 Å². The summed E-state index contributed by atoms with van der Waals surface area (Å²) in [4.78, 5) is 8.84. The van der Waals surface area contributed by atoms with Crippen LogP contribution in [0.5, 0.6) is 0 Å². The molecule has 3 heterocycles. The number of aromatic nitrogens is 3. The molecule has 2 aromatic heterocycles. The summed E-state index contributed by atoms with van der Waals surface area (Å²) in [6.07, 6.45) is 0.628. The van der Waals surface area contributed by atoms with E-state index in [9.17, 15) is 0 Å². The summed E-state index contributed by atoms with van der Waals surface area (Å²) in [6.45, 7) is 1.99. The summed E-state index contributed by atoms with van der Waals surface area (Å²) in [5, 5.41) is 7.10. The van der Waals surface area contributed by atoms with E-state index < -0.39 is 0 Å². The third-order valence-corrected chi connectivity index (χ3v) is 4.97. The van der Waals surface area contributed by atoms with E-state index in [0.29, 0.717) is 18.1 Å². The fourth-order valence-corrected chi connectivity index (χ4v) is 3.86. The highest BCUT2D eigenvalue weighted by Gasteiger charge is 2.30. The molecule has 0 spiro atoms. The first-order valence-electron chi connectivity index (χ1n) is 5.79. The maximum absolute atomic E-state index is 6.02. The highest BCUT2D eigenvalue weighted by atomic mass is 32.2. The van der Waals surface area contributed by atoms with Crippen molar-refractivity contribution >= 4 is 23.1 Å². The molecule has 1 saturated heterocycles. The minimum atomic E-state index is 0.129. The Balaban J connectivity index is 1.73. The second kappa shape index (κ2) is 4.99. The molecule has 0 aromatic carbocycles. The van der Waals surface area contributed by atoms with Crippen molar-refractivity contribution in [2.24, 2.45) is 5.73 Å². The molecule has 2 unspecified atom stereocenters. The number of thioether (sulfide) groups is 1. The molecule has 0 bridgehead atoms. The van der Waals surface area contributed by atoms with Gasteiger partial charge in [-0.1, -0.05) is 5.16 Å². The van der Waals surface area contributed by atoms with Crippen LogP contribution in [-0.4, -0.2) is 32.7 Å². The number of nitrogens with two attached hydrogens (primary N) is 1. The summed E-state index contributed by atoms with van der Waals surface area (Å²) in [5.74, 6) is 3.51. The summed E-state index contributed by atoms with van der Waals surface area (Å²) >= 11 is 3.47. The smallest absolute Gasteiger partial charge is 0.232 e. The average molecular weight is 282 g/mol. The zero-order valence-electron chi connectivity index (χ0n) is 10.00. The van der Waals surface area contributed by atoms with Gasteiger partial charge in [-0.15, -0.1) is 11.3 Å². The molecule has 2 aromatic rings. The van der Waals surface area contributed by atoms with Gasteiger partial charge in [-0.25, -0.2) is 4.98 Å². The highest BCUT2D eigenvalue weighted by molar-refractivity contribution is 7.99. The number of nitrogens with zero attached hydrogens (tertiary/aromatic N) is 3. The highest BCUT2D eigenvalue weighted by Crippen LogP contribution is 2.30. The standard InChI is InChI=1S/C11H14N4OS2/c1-6-13-7(3-18-6)2-10-14-11(16-15-10)8-4-17-5-9(8)12/h3,8-9H,2,4-5,12H2,1H3. The maximum Gasteiger partial charge on any atom is 0.232 e. The molecule has 0 aliphatic carbocycles. The lowest BCUT2D eigenvalue weighted by Crippen LogP contribution is -2.26. The fraction of sp³-hybridized carbons (Fsp3) is 0.545. The van der Waals surface area contributed by atoms with Crippen molar-refractivity contribution in [2.45, 2.75) is 25.3 Å². The second-order valence-electron chi connectivity index (χ2n) is 4.39. The monoisotopic (exact) mass is 282 g/mol. The van der Waals surface area contributed by atoms with E-state index in [1.807, 2.05) is 24.1 Å². The molecular weight excluding hydrogens is 268 g/mol. The minimum Gasteiger partial charge on any atom is -0.339 e. The molecule has 0 radical (unpaired) electrons. The van der Waals surface area contributed by atoms with Gasteiger partial charge in [0.05, 0.1) is 23.0 Å². The van der Waals surface area contributed by atoms with Crippen molar-refractivity contribution in [3.8, 4) is 0 Å². The molecule has 96 valence electrons. The molecule has 5 nitrogen and oxygen atoms in total. The summed E-state index contributed by atoms with van der Waals surface area (Å²) < 4.78 is 5.32. The Labute approximate surface area is 113 Å². The molecule has 1 aliphatic heterocycles. The minimum absolute atomic E-state index is 0.129. The van der Waals surface area contributed by atoms with Crippen LogP contribution in [0.3, 0.4) is 0 Å². The first-order chi connectivity index (χ1) is 8.72. The lowest BCUT2D eigenvalue weighted by atomic mass is 10.1. The Morgan fingerprint density at radius 2 is 2.33 bits per heavy atom. The zero-order valence-corrected chi connectivity index (χ0v) is 11.6. The molecule has 1 fully saturated rings. The van der Waals surface area contributed by atoms with Crippen LogP contribution in [0.4, 0.5) is 0 Å². The first-order valence-corrected chi connectivity index (χ1v) is 7.82. The zero-order chi connectivity index (χ0) is 12.5. The van der Waals surface area contributed by atoms with Crippen molar-refractivity contribution in [3.05, 3.63) is 27.8 Å². The Bertz CT molecular complexity index is 539. The van der Waals surface area contributed by atoms with Crippen LogP contribution in [-0.2, 0) is 6.42 Å². The van der Waals surface area contributed by atoms with Crippen LogP contribution in [0, 0.1) is 6.92 Å². The molecule has 7 heteroatoms. The Morgan fingerprint density at radius 1 is 1.44 bits per heavy atom. The predicted molar refractivity (Wildman–Crippen MR) is 72.0 cm³/mol. The van der Waals surface area contributed by atoms with Gasteiger partial charge < -0.3 is 10.3 Å². The van der Waals surface area contributed by atoms with E-state index >= 15 is 0 Å². The van der Waals surface area contributed by atoms with E-state index in [-0.39, 0.29) is 12.0 Å². The number of aryl methyl sites for hydroxylation is 1. The quantitative estimate of drug-likeness (QED) is 0.921. The molecule has 18 heavy (non-hydrogen) atoms.